The molecule has 3 nitrogen and oxygen atoms in total. The first-order chi connectivity index (χ1) is 7.23. The average molecular weight is 290 g/mol. The van der Waals surface area contributed by atoms with Crippen molar-refractivity contribution < 1.29 is 13.9 Å². The summed E-state index contributed by atoms with van der Waals surface area (Å²) >= 11 is 3.27. The van der Waals surface area contributed by atoms with E-state index in [-0.39, 0.29) is 5.75 Å². The number of hydrogen-bond acceptors (Lipinski definition) is 2. The van der Waals surface area contributed by atoms with E-state index >= 15 is 0 Å². The molecule has 1 aromatic carbocycles. The molecule has 0 spiro atoms. The lowest BCUT2D eigenvalue weighted by molar-refractivity contribution is 0.208. The SMILES string of the molecule is CC(C)(C)c1c(Br)ccc(OC(N)=O)c1F. The van der Waals surface area contributed by atoms with Gasteiger partial charge < -0.3 is 10.5 Å². The summed E-state index contributed by atoms with van der Waals surface area (Å²) in [5, 5.41) is 0. The third-order valence-corrected chi connectivity index (χ3v) is 2.68. The van der Waals surface area contributed by atoms with Gasteiger partial charge in [-0.25, -0.2) is 9.18 Å². The Labute approximate surface area is 102 Å². The summed E-state index contributed by atoms with van der Waals surface area (Å²) in [5.74, 6) is -0.721. The summed E-state index contributed by atoms with van der Waals surface area (Å²) in [5.41, 5.74) is 4.90. The fourth-order valence-electron chi connectivity index (χ4n) is 1.41. The standard InChI is InChI=1S/C11H13BrFNO2/c1-11(2,3)8-6(12)4-5-7(9(8)13)16-10(14)15/h4-5H,1-3H3,(H2,14,15). The molecule has 0 atom stereocenters. The highest BCUT2D eigenvalue weighted by Crippen LogP contribution is 2.36. The summed E-state index contributed by atoms with van der Waals surface area (Å²) in [6.45, 7) is 5.60. The van der Waals surface area contributed by atoms with Crippen LogP contribution in [0.1, 0.15) is 26.3 Å². The molecule has 16 heavy (non-hydrogen) atoms. The first kappa shape index (κ1) is 13.0. The number of amides is 1. The lowest BCUT2D eigenvalue weighted by Crippen LogP contribution is -2.20. The van der Waals surface area contributed by atoms with Crippen LogP contribution < -0.4 is 10.5 Å². The van der Waals surface area contributed by atoms with E-state index in [2.05, 4.69) is 20.7 Å². The van der Waals surface area contributed by atoms with E-state index in [9.17, 15) is 9.18 Å². The van der Waals surface area contributed by atoms with Gasteiger partial charge in [0, 0.05) is 10.0 Å². The van der Waals surface area contributed by atoms with Crippen LogP contribution in [0.15, 0.2) is 16.6 Å². The number of ether oxygens (including phenoxy) is 1. The fourth-order valence-corrected chi connectivity index (χ4v) is 2.31. The minimum absolute atomic E-state index is 0.152. The monoisotopic (exact) mass is 289 g/mol. The van der Waals surface area contributed by atoms with Gasteiger partial charge in [0.05, 0.1) is 0 Å². The summed E-state index contributed by atoms with van der Waals surface area (Å²) < 4.78 is 19.2. The minimum atomic E-state index is -1.03. The molecular formula is C11H13BrFNO2. The molecule has 0 aliphatic carbocycles. The minimum Gasteiger partial charge on any atom is -0.407 e. The molecule has 0 bridgehead atoms. The second kappa shape index (κ2) is 4.41. The maximum Gasteiger partial charge on any atom is 0.410 e. The van der Waals surface area contributed by atoms with Gasteiger partial charge in [0.25, 0.3) is 0 Å². The van der Waals surface area contributed by atoms with Crippen LogP contribution in [0, 0.1) is 5.82 Å². The normalized spacial score (nSPS) is 11.3. The van der Waals surface area contributed by atoms with Crippen molar-refractivity contribution in [2.45, 2.75) is 26.2 Å². The van der Waals surface area contributed by atoms with Crippen LogP contribution >= 0.6 is 15.9 Å². The van der Waals surface area contributed by atoms with Crippen molar-refractivity contribution in [3.63, 3.8) is 0 Å². The second-order valence-electron chi connectivity index (χ2n) is 4.41. The van der Waals surface area contributed by atoms with Gasteiger partial charge in [-0.15, -0.1) is 0 Å². The van der Waals surface area contributed by atoms with Crippen LogP contribution in [0.3, 0.4) is 0 Å². The summed E-state index contributed by atoms with van der Waals surface area (Å²) in [4.78, 5) is 10.6. The number of benzene rings is 1. The smallest absolute Gasteiger partial charge is 0.407 e. The summed E-state index contributed by atoms with van der Waals surface area (Å²) in [6.07, 6.45) is -1.03. The zero-order valence-electron chi connectivity index (χ0n) is 9.30. The fraction of sp³-hybridized carbons (Fsp3) is 0.364. The van der Waals surface area contributed by atoms with E-state index < -0.39 is 17.3 Å². The van der Waals surface area contributed by atoms with Crippen LogP contribution in [0.5, 0.6) is 5.75 Å². The van der Waals surface area contributed by atoms with E-state index in [1.807, 2.05) is 20.8 Å². The van der Waals surface area contributed by atoms with Gasteiger partial charge in [-0.2, -0.15) is 0 Å². The molecule has 2 N–H and O–H groups in total. The van der Waals surface area contributed by atoms with E-state index in [1.165, 1.54) is 6.07 Å². The van der Waals surface area contributed by atoms with E-state index in [1.54, 1.807) is 6.07 Å². The molecule has 0 aliphatic rings. The quantitative estimate of drug-likeness (QED) is 0.862. The zero-order valence-corrected chi connectivity index (χ0v) is 10.9. The van der Waals surface area contributed by atoms with Gasteiger partial charge in [0.15, 0.2) is 11.6 Å². The lowest BCUT2D eigenvalue weighted by atomic mass is 9.86. The average Bonchev–Trinajstić information content (AvgIpc) is 2.07. The largest absolute Gasteiger partial charge is 0.410 e. The van der Waals surface area contributed by atoms with Gasteiger partial charge in [0.1, 0.15) is 0 Å². The van der Waals surface area contributed by atoms with Gasteiger partial charge in [-0.3, -0.25) is 0 Å². The first-order valence-electron chi connectivity index (χ1n) is 4.69. The Bertz CT molecular complexity index is 427. The molecule has 88 valence electrons. The molecule has 1 rings (SSSR count). The number of hydrogen-bond donors (Lipinski definition) is 1. The molecule has 0 heterocycles. The Hall–Kier alpha value is -1.10. The highest BCUT2D eigenvalue weighted by atomic mass is 79.9. The summed E-state index contributed by atoms with van der Waals surface area (Å²) in [7, 11) is 0. The van der Waals surface area contributed by atoms with Crippen molar-refractivity contribution in [1.29, 1.82) is 0 Å². The predicted octanol–water partition coefficient (Wildman–Crippen LogP) is 3.34. The van der Waals surface area contributed by atoms with Crippen molar-refractivity contribution >= 4 is 22.0 Å². The molecule has 0 saturated heterocycles. The molecule has 1 amide bonds. The van der Waals surface area contributed by atoms with Gasteiger partial charge in [-0.05, 0) is 17.5 Å². The van der Waals surface area contributed by atoms with Crippen LogP contribution in [0.4, 0.5) is 9.18 Å². The van der Waals surface area contributed by atoms with Gasteiger partial charge >= 0.3 is 6.09 Å². The van der Waals surface area contributed by atoms with Gasteiger partial charge in [0.2, 0.25) is 0 Å². The number of nitrogens with two attached hydrogens (primary N) is 1. The van der Waals surface area contributed by atoms with Crippen LogP contribution in [0.2, 0.25) is 0 Å². The molecule has 0 saturated carbocycles. The Balaban J connectivity index is 3.33. The van der Waals surface area contributed by atoms with Crippen LogP contribution in [-0.4, -0.2) is 6.09 Å². The van der Waals surface area contributed by atoms with Crippen molar-refractivity contribution in [2.75, 3.05) is 0 Å². The third-order valence-electron chi connectivity index (χ3n) is 2.02. The van der Waals surface area contributed by atoms with Crippen LogP contribution in [0.25, 0.3) is 0 Å². The molecule has 0 unspecified atom stereocenters. The zero-order chi connectivity index (χ0) is 12.5. The molecule has 1 aromatic rings. The number of rotatable bonds is 1. The Morgan fingerprint density at radius 2 is 2.00 bits per heavy atom. The highest BCUT2D eigenvalue weighted by Gasteiger charge is 2.24. The molecular weight excluding hydrogens is 277 g/mol. The maximum atomic E-state index is 14.0. The Morgan fingerprint density at radius 3 is 2.44 bits per heavy atom. The molecule has 0 aliphatic heterocycles. The Kier molecular flexibility index (Phi) is 3.57. The summed E-state index contributed by atoms with van der Waals surface area (Å²) in [6, 6.07) is 2.99. The third kappa shape index (κ3) is 2.72. The van der Waals surface area contributed by atoms with Crippen molar-refractivity contribution in [3.8, 4) is 5.75 Å². The van der Waals surface area contributed by atoms with Crippen LogP contribution in [-0.2, 0) is 5.41 Å². The van der Waals surface area contributed by atoms with E-state index in [0.717, 1.165) is 0 Å². The number of carbonyl (C=O) groups excluding carboxylic acids is 1. The van der Waals surface area contributed by atoms with E-state index in [0.29, 0.717) is 10.0 Å². The second-order valence-corrected chi connectivity index (χ2v) is 5.26. The van der Waals surface area contributed by atoms with Gasteiger partial charge in [-0.1, -0.05) is 36.7 Å². The molecule has 0 fully saturated rings. The highest BCUT2D eigenvalue weighted by molar-refractivity contribution is 9.10. The number of primary amides is 1. The number of carbonyl (C=O) groups is 1. The van der Waals surface area contributed by atoms with Crippen molar-refractivity contribution in [2.24, 2.45) is 5.73 Å². The topological polar surface area (TPSA) is 52.3 Å². The lowest BCUT2D eigenvalue weighted by Gasteiger charge is -2.22. The molecule has 0 radical (unpaired) electrons. The molecule has 5 heteroatoms. The van der Waals surface area contributed by atoms with E-state index in [4.69, 9.17) is 5.73 Å². The van der Waals surface area contributed by atoms with Crippen molar-refractivity contribution in [1.82, 2.24) is 0 Å². The Morgan fingerprint density at radius 1 is 1.44 bits per heavy atom. The number of halogens is 2. The van der Waals surface area contributed by atoms with Crippen molar-refractivity contribution in [3.05, 3.63) is 28.0 Å². The predicted molar refractivity (Wildman–Crippen MR) is 63.0 cm³/mol. The maximum absolute atomic E-state index is 14.0. The molecule has 0 aromatic heterocycles. The first-order valence-corrected chi connectivity index (χ1v) is 5.48.